The quantitative estimate of drug-likeness (QED) is 0.793. The highest BCUT2D eigenvalue weighted by Crippen LogP contribution is 2.59. The van der Waals surface area contributed by atoms with Gasteiger partial charge in [-0.3, -0.25) is 4.79 Å². The van der Waals surface area contributed by atoms with E-state index in [9.17, 15) is 9.90 Å². The molecule has 17 heavy (non-hydrogen) atoms. The molecule has 0 aromatic carbocycles. The molecule has 0 saturated heterocycles. The first kappa shape index (κ1) is 11.5. The molecule has 0 spiro atoms. The fraction of sp³-hybridized carbons (Fsp3) is 0.929. The SMILES string of the molecule is CC(O)(CC(=O)O)C1C2CC3CC(C2)CC1C3. The molecule has 0 amide bonds. The minimum atomic E-state index is -1.01. The normalized spacial score (nSPS) is 46.8. The van der Waals surface area contributed by atoms with Gasteiger partial charge in [-0.05, 0) is 68.6 Å². The van der Waals surface area contributed by atoms with Crippen molar-refractivity contribution in [3.05, 3.63) is 0 Å². The molecule has 4 aliphatic carbocycles. The highest BCUT2D eigenvalue weighted by Gasteiger charge is 2.54. The van der Waals surface area contributed by atoms with Crippen molar-refractivity contribution in [3.63, 3.8) is 0 Å². The predicted molar refractivity (Wildman–Crippen MR) is 63.4 cm³/mol. The van der Waals surface area contributed by atoms with Crippen molar-refractivity contribution < 1.29 is 15.0 Å². The Morgan fingerprint density at radius 2 is 1.59 bits per heavy atom. The average Bonchev–Trinajstić information content (AvgIpc) is 2.11. The van der Waals surface area contributed by atoms with E-state index in [4.69, 9.17) is 5.11 Å². The Bertz CT molecular complexity index is 306. The van der Waals surface area contributed by atoms with Crippen molar-refractivity contribution >= 4 is 5.97 Å². The molecule has 0 radical (unpaired) electrons. The Balaban J connectivity index is 1.81. The largest absolute Gasteiger partial charge is 0.481 e. The molecule has 3 heteroatoms. The van der Waals surface area contributed by atoms with Crippen molar-refractivity contribution in [3.8, 4) is 0 Å². The second-order valence-corrected chi connectivity index (χ2v) is 6.88. The molecule has 3 nitrogen and oxygen atoms in total. The summed E-state index contributed by atoms with van der Waals surface area (Å²) in [6.07, 6.45) is 6.21. The highest BCUT2D eigenvalue weighted by atomic mass is 16.4. The lowest BCUT2D eigenvalue weighted by atomic mass is 9.48. The lowest BCUT2D eigenvalue weighted by Crippen LogP contribution is -2.54. The summed E-state index contributed by atoms with van der Waals surface area (Å²) in [6.45, 7) is 1.74. The molecule has 0 aromatic heterocycles. The van der Waals surface area contributed by atoms with Crippen molar-refractivity contribution in [1.82, 2.24) is 0 Å². The zero-order valence-electron chi connectivity index (χ0n) is 10.4. The Morgan fingerprint density at radius 1 is 1.12 bits per heavy atom. The van der Waals surface area contributed by atoms with Crippen molar-refractivity contribution in [2.45, 2.75) is 51.0 Å². The first-order chi connectivity index (χ1) is 7.95. The maximum atomic E-state index is 10.9. The van der Waals surface area contributed by atoms with Gasteiger partial charge in [0.1, 0.15) is 0 Å². The number of hydrogen-bond acceptors (Lipinski definition) is 2. The first-order valence-electron chi connectivity index (χ1n) is 6.90. The summed E-state index contributed by atoms with van der Waals surface area (Å²) in [5.41, 5.74) is -1.01. The predicted octanol–water partition coefficient (Wildman–Crippen LogP) is 2.28. The van der Waals surface area contributed by atoms with Crippen molar-refractivity contribution in [2.24, 2.45) is 29.6 Å². The van der Waals surface area contributed by atoms with E-state index in [1.165, 1.54) is 32.1 Å². The second kappa shape index (κ2) is 3.71. The van der Waals surface area contributed by atoms with Crippen molar-refractivity contribution in [2.75, 3.05) is 0 Å². The van der Waals surface area contributed by atoms with Crippen LogP contribution in [0.3, 0.4) is 0 Å². The standard InChI is InChI=1S/C14H22O3/c1-14(17,7-12(15)16)13-10-3-8-2-9(5-10)6-11(13)4-8/h8-11,13,17H,2-7H2,1H3,(H,15,16). The maximum Gasteiger partial charge on any atom is 0.306 e. The number of rotatable bonds is 3. The lowest BCUT2D eigenvalue weighted by Gasteiger charge is -2.57. The molecule has 0 aliphatic heterocycles. The van der Waals surface area contributed by atoms with Gasteiger partial charge in [0.25, 0.3) is 0 Å². The summed E-state index contributed by atoms with van der Waals surface area (Å²) in [6, 6.07) is 0. The summed E-state index contributed by atoms with van der Waals surface area (Å²) in [5, 5.41) is 19.5. The van der Waals surface area contributed by atoms with Crippen LogP contribution in [0.15, 0.2) is 0 Å². The molecular formula is C14H22O3. The molecule has 1 unspecified atom stereocenters. The van der Waals surface area contributed by atoms with E-state index in [1.807, 2.05) is 0 Å². The van der Waals surface area contributed by atoms with Crippen LogP contribution in [0, 0.1) is 29.6 Å². The maximum absolute atomic E-state index is 10.9. The summed E-state index contributed by atoms with van der Waals surface area (Å²) >= 11 is 0. The molecule has 4 fully saturated rings. The van der Waals surface area contributed by atoms with Gasteiger partial charge in [0, 0.05) is 0 Å². The molecular weight excluding hydrogens is 216 g/mol. The van der Waals surface area contributed by atoms with Crippen LogP contribution in [-0.4, -0.2) is 21.8 Å². The fourth-order valence-electron chi connectivity index (χ4n) is 5.36. The van der Waals surface area contributed by atoms with Gasteiger partial charge in [-0.15, -0.1) is 0 Å². The summed E-state index contributed by atoms with van der Waals surface area (Å²) in [5.74, 6) is 2.26. The molecule has 4 rings (SSSR count). The average molecular weight is 238 g/mol. The van der Waals surface area contributed by atoms with Crippen LogP contribution in [0.5, 0.6) is 0 Å². The van der Waals surface area contributed by atoms with Gasteiger partial charge >= 0.3 is 5.97 Å². The molecule has 96 valence electrons. The topological polar surface area (TPSA) is 57.5 Å². The van der Waals surface area contributed by atoms with E-state index < -0.39 is 11.6 Å². The summed E-state index contributed by atoms with van der Waals surface area (Å²) in [4.78, 5) is 10.9. The minimum Gasteiger partial charge on any atom is -0.481 e. The van der Waals surface area contributed by atoms with Crippen LogP contribution < -0.4 is 0 Å². The van der Waals surface area contributed by atoms with Crippen LogP contribution in [0.4, 0.5) is 0 Å². The Hall–Kier alpha value is -0.570. The second-order valence-electron chi connectivity index (χ2n) is 6.88. The molecule has 0 heterocycles. The number of carbonyl (C=O) groups is 1. The van der Waals surface area contributed by atoms with Gasteiger partial charge in [0.05, 0.1) is 12.0 Å². The third-order valence-electron chi connectivity index (χ3n) is 5.45. The third kappa shape index (κ3) is 1.88. The smallest absolute Gasteiger partial charge is 0.306 e. The monoisotopic (exact) mass is 238 g/mol. The van der Waals surface area contributed by atoms with Gasteiger partial charge in [0.2, 0.25) is 0 Å². The minimum absolute atomic E-state index is 0.0972. The van der Waals surface area contributed by atoms with Crippen LogP contribution in [0.1, 0.15) is 45.4 Å². The fourth-order valence-corrected chi connectivity index (χ4v) is 5.36. The van der Waals surface area contributed by atoms with Gasteiger partial charge in [0.15, 0.2) is 0 Å². The number of carboxylic acid groups (broad SMARTS) is 1. The summed E-state index contributed by atoms with van der Waals surface area (Å²) < 4.78 is 0. The van der Waals surface area contributed by atoms with Crippen LogP contribution in [0.2, 0.25) is 0 Å². The number of aliphatic hydroxyl groups is 1. The Labute approximate surface area is 102 Å². The van der Waals surface area contributed by atoms with E-state index in [1.54, 1.807) is 6.92 Å². The van der Waals surface area contributed by atoms with E-state index in [2.05, 4.69) is 0 Å². The van der Waals surface area contributed by atoms with E-state index in [-0.39, 0.29) is 12.3 Å². The van der Waals surface area contributed by atoms with Gasteiger partial charge < -0.3 is 10.2 Å². The van der Waals surface area contributed by atoms with Crippen LogP contribution >= 0.6 is 0 Å². The highest BCUT2D eigenvalue weighted by molar-refractivity contribution is 5.68. The van der Waals surface area contributed by atoms with E-state index in [0.717, 1.165) is 11.8 Å². The van der Waals surface area contributed by atoms with Gasteiger partial charge in [-0.25, -0.2) is 0 Å². The number of aliphatic carboxylic acids is 1. The Morgan fingerprint density at radius 3 is 2.00 bits per heavy atom. The molecule has 0 aromatic rings. The molecule has 1 atom stereocenters. The zero-order chi connectivity index (χ0) is 12.2. The molecule has 2 N–H and O–H groups in total. The third-order valence-corrected chi connectivity index (χ3v) is 5.45. The summed E-state index contributed by atoms with van der Waals surface area (Å²) in [7, 11) is 0. The molecule has 4 aliphatic rings. The Kier molecular flexibility index (Phi) is 2.51. The zero-order valence-corrected chi connectivity index (χ0v) is 10.4. The van der Waals surface area contributed by atoms with Gasteiger partial charge in [-0.1, -0.05) is 0 Å². The number of hydrogen-bond donors (Lipinski definition) is 2. The molecule has 4 saturated carbocycles. The van der Waals surface area contributed by atoms with Crippen LogP contribution in [-0.2, 0) is 4.79 Å². The first-order valence-corrected chi connectivity index (χ1v) is 6.90. The van der Waals surface area contributed by atoms with Gasteiger partial charge in [-0.2, -0.15) is 0 Å². The lowest BCUT2D eigenvalue weighted by molar-refractivity contribution is -0.160. The van der Waals surface area contributed by atoms with Crippen molar-refractivity contribution in [1.29, 1.82) is 0 Å². The van der Waals surface area contributed by atoms with Crippen LogP contribution in [0.25, 0.3) is 0 Å². The molecule has 4 bridgehead atoms. The van der Waals surface area contributed by atoms with E-state index in [0.29, 0.717) is 11.8 Å². The number of carboxylic acids is 1. The van der Waals surface area contributed by atoms with E-state index >= 15 is 0 Å².